The number of rotatable bonds is 6. The number of benzene rings is 1. The first-order chi connectivity index (χ1) is 10.1. The van der Waals surface area contributed by atoms with Crippen LogP contribution in [0.15, 0.2) is 24.3 Å². The van der Waals surface area contributed by atoms with Gasteiger partial charge in [-0.1, -0.05) is 12.1 Å². The van der Waals surface area contributed by atoms with Crippen molar-refractivity contribution >= 4 is 11.8 Å². The van der Waals surface area contributed by atoms with Crippen molar-refractivity contribution in [3.63, 3.8) is 0 Å². The molecule has 0 saturated carbocycles. The van der Waals surface area contributed by atoms with E-state index in [1.54, 1.807) is 0 Å². The van der Waals surface area contributed by atoms with Crippen LogP contribution in [0, 0.1) is 5.92 Å². The van der Waals surface area contributed by atoms with Crippen LogP contribution in [0.1, 0.15) is 25.8 Å². The average molecular weight is 290 g/mol. The van der Waals surface area contributed by atoms with Gasteiger partial charge in [-0.15, -0.1) is 0 Å². The molecule has 5 nitrogen and oxygen atoms in total. The number of ether oxygens (including phenoxy) is 1. The summed E-state index contributed by atoms with van der Waals surface area (Å²) >= 11 is 0. The largest absolute Gasteiger partial charge is 0.491 e. The van der Waals surface area contributed by atoms with Gasteiger partial charge in [0.05, 0.1) is 6.10 Å². The number of hydrogen-bond donors (Lipinski definition) is 2. The summed E-state index contributed by atoms with van der Waals surface area (Å²) in [6.07, 6.45) is 1.49. The molecule has 1 aromatic carbocycles. The zero-order valence-electron chi connectivity index (χ0n) is 12.5. The first-order valence-corrected chi connectivity index (χ1v) is 7.37. The third-order valence-electron chi connectivity index (χ3n) is 3.37. The minimum atomic E-state index is -0.521. The van der Waals surface area contributed by atoms with Crippen molar-refractivity contribution in [1.82, 2.24) is 10.6 Å². The standard InChI is InChI=1S/C16H22N2O3/c1-11(2)21-13-5-3-12(4-6-13)7-9-17-15(19)14-8-10-18-16(14)20/h3-6,11,14H,7-10H2,1-2H3,(H,17,19)(H,18,20)/t14-/m1/s1. The van der Waals surface area contributed by atoms with Gasteiger partial charge < -0.3 is 15.4 Å². The first kappa shape index (κ1) is 15.4. The number of nitrogens with one attached hydrogen (secondary N) is 2. The van der Waals surface area contributed by atoms with Gasteiger partial charge >= 0.3 is 0 Å². The summed E-state index contributed by atoms with van der Waals surface area (Å²) in [4.78, 5) is 23.2. The number of carbonyl (C=O) groups is 2. The first-order valence-electron chi connectivity index (χ1n) is 7.37. The Morgan fingerprint density at radius 1 is 1.38 bits per heavy atom. The molecule has 1 aliphatic heterocycles. The third-order valence-corrected chi connectivity index (χ3v) is 3.37. The lowest BCUT2D eigenvalue weighted by molar-refractivity contribution is -0.132. The zero-order valence-corrected chi connectivity index (χ0v) is 12.5. The highest BCUT2D eigenvalue weighted by Gasteiger charge is 2.30. The number of hydrogen-bond acceptors (Lipinski definition) is 3. The Morgan fingerprint density at radius 3 is 2.67 bits per heavy atom. The maximum absolute atomic E-state index is 11.8. The maximum atomic E-state index is 11.8. The minimum Gasteiger partial charge on any atom is -0.491 e. The van der Waals surface area contributed by atoms with Crippen molar-refractivity contribution in [3.05, 3.63) is 29.8 Å². The molecule has 21 heavy (non-hydrogen) atoms. The van der Waals surface area contributed by atoms with E-state index in [-0.39, 0.29) is 17.9 Å². The van der Waals surface area contributed by atoms with Gasteiger partial charge in [0.1, 0.15) is 11.7 Å². The zero-order chi connectivity index (χ0) is 15.2. The Morgan fingerprint density at radius 2 is 2.10 bits per heavy atom. The highest BCUT2D eigenvalue weighted by molar-refractivity contribution is 6.01. The van der Waals surface area contributed by atoms with Gasteiger partial charge in [0.25, 0.3) is 0 Å². The number of amides is 2. The van der Waals surface area contributed by atoms with Crippen LogP contribution in [-0.4, -0.2) is 31.0 Å². The van der Waals surface area contributed by atoms with Crippen LogP contribution in [0.4, 0.5) is 0 Å². The van der Waals surface area contributed by atoms with E-state index >= 15 is 0 Å². The van der Waals surface area contributed by atoms with Gasteiger partial charge in [0.2, 0.25) is 11.8 Å². The second kappa shape index (κ2) is 7.11. The van der Waals surface area contributed by atoms with E-state index < -0.39 is 5.92 Å². The second-order valence-electron chi connectivity index (χ2n) is 5.48. The fourth-order valence-electron chi connectivity index (χ4n) is 2.30. The van der Waals surface area contributed by atoms with E-state index in [9.17, 15) is 9.59 Å². The van der Waals surface area contributed by atoms with Gasteiger partial charge in [-0.25, -0.2) is 0 Å². The van der Waals surface area contributed by atoms with E-state index in [0.29, 0.717) is 19.5 Å². The maximum Gasteiger partial charge on any atom is 0.232 e. The number of carbonyl (C=O) groups excluding carboxylic acids is 2. The molecule has 1 atom stereocenters. The van der Waals surface area contributed by atoms with E-state index in [1.165, 1.54) is 0 Å². The predicted octanol–water partition coefficient (Wildman–Crippen LogP) is 1.27. The summed E-state index contributed by atoms with van der Waals surface area (Å²) in [6, 6.07) is 7.85. The molecule has 2 rings (SSSR count). The topological polar surface area (TPSA) is 67.4 Å². The lowest BCUT2D eigenvalue weighted by atomic mass is 10.1. The Hall–Kier alpha value is -2.04. The van der Waals surface area contributed by atoms with Gasteiger partial charge in [-0.05, 0) is 44.4 Å². The second-order valence-corrected chi connectivity index (χ2v) is 5.48. The van der Waals surface area contributed by atoms with Crippen molar-refractivity contribution in [1.29, 1.82) is 0 Å². The Labute approximate surface area is 125 Å². The van der Waals surface area contributed by atoms with Crippen molar-refractivity contribution in [2.75, 3.05) is 13.1 Å². The molecule has 1 fully saturated rings. The molecule has 0 aromatic heterocycles. The molecule has 0 unspecified atom stereocenters. The summed E-state index contributed by atoms with van der Waals surface area (Å²) in [7, 11) is 0. The Kier molecular flexibility index (Phi) is 5.20. The molecule has 1 aromatic rings. The van der Waals surface area contributed by atoms with Crippen LogP contribution in [0.3, 0.4) is 0 Å². The van der Waals surface area contributed by atoms with Crippen LogP contribution in [0.25, 0.3) is 0 Å². The van der Waals surface area contributed by atoms with Crippen LogP contribution in [-0.2, 0) is 16.0 Å². The highest BCUT2D eigenvalue weighted by atomic mass is 16.5. The fraction of sp³-hybridized carbons (Fsp3) is 0.500. The molecule has 2 amide bonds. The van der Waals surface area contributed by atoms with Gasteiger partial charge in [-0.2, -0.15) is 0 Å². The minimum absolute atomic E-state index is 0.160. The smallest absolute Gasteiger partial charge is 0.232 e. The molecule has 0 aliphatic carbocycles. The molecular formula is C16H22N2O3. The normalized spacial score (nSPS) is 17.7. The molecule has 0 radical (unpaired) electrons. The van der Waals surface area contributed by atoms with Gasteiger partial charge in [0, 0.05) is 13.1 Å². The van der Waals surface area contributed by atoms with Crippen LogP contribution >= 0.6 is 0 Å². The molecular weight excluding hydrogens is 268 g/mol. The SMILES string of the molecule is CC(C)Oc1ccc(CCNC(=O)[C@H]2CCNC2=O)cc1. The van der Waals surface area contributed by atoms with E-state index in [0.717, 1.165) is 17.7 Å². The summed E-state index contributed by atoms with van der Waals surface area (Å²) in [5.74, 6) is -0.0142. The van der Waals surface area contributed by atoms with E-state index in [2.05, 4.69) is 10.6 Å². The summed E-state index contributed by atoms with van der Waals surface area (Å²) in [5.41, 5.74) is 1.13. The molecule has 0 spiro atoms. The molecule has 1 heterocycles. The lowest BCUT2D eigenvalue weighted by Gasteiger charge is -2.11. The third kappa shape index (κ3) is 4.48. The van der Waals surface area contributed by atoms with Crippen LogP contribution in [0.2, 0.25) is 0 Å². The summed E-state index contributed by atoms with van der Waals surface area (Å²) in [5, 5.41) is 5.49. The Balaban J connectivity index is 1.75. The van der Waals surface area contributed by atoms with Crippen LogP contribution in [0.5, 0.6) is 5.75 Å². The van der Waals surface area contributed by atoms with Crippen molar-refractivity contribution in [2.45, 2.75) is 32.8 Å². The monoisotopic (exact) mass is 290 g/mol. The molecule has 5 heteroatoms. The quantitative estimate of drug-likeness (QED) is 0.775. The Bertz CT molecular complexity index is 497. The lowest BCUT2D eigenvalue weighted by Crippen LogP contribution is -2.36. The highest BCUT2D eigenvalue weighted by Crippen LogP contribution is 2.14. The van der Waals surface area contributed by atoms with E-state index in [4.69, 9.17) is 4.74 Å². The molecule has 1 saturated heterocycles. The van der Waals surface area contributed by atoms with Crippen LogP contribution < -0.4 is 15.4 Å². The summed E-state index contributed by atoms with van der Waals surface area (Å²) in [6.45, 7) is 5.10. The van der Waals surface area contributed by atoms with Gasteiger partial charge in [0.15, 0.2) is 0 Å². The molecule has 114 valence electrons. The molecule has 0 bridgehead atoms. The van der Waals surface area contributed by atoms with Crippen molar-refractivity contribution in [3.8, 4) is 5.75 Å². The van der Waals surface area contributed by atoms with E-state index in [1.807, 2.05) is 38.1 Å². The molecule has 2 N–H and O–H groups in total. The van der Waals surface area contributed by atoms with Gasteiger partial charge in [-0.3, -0.25) is 9.59 Å². The average Bonchev–Trinajstić information content (AvgIpc) is 2.86. The summed E-state index contributed by atoms with van der Waals surface area (Å²) < 4.78 is 5.58. The fourth-order valence-corrected chi connectivity index (χ4v) is 2.30. The molecule has 1 aliphatic rings. The van der Waals surface area contributed by atoms with Crippen molar-refractivity contribution in [2.24, 2.45) is 5.92 Å². The van der Waals surface area contributed by atoms with Crippen molar-refractivity contribution < 1.29 is 14.3 Å². The predicted molar refractivity (Wildman–Crippen MR) is 80.0 cm³/mol.